The number of carboxylic acids is 1. The van der Waals surface area contributed by atoms with Gasteiger partial charge in [0, 0.05) is 19.6 Å². The molecule has 0 bridgehead atoms. The summed E-state index contributed by atoms with van der Waals surface area (Å²) >= 11 is 0. The van der Waals surface area contributed by atoms with Gasteiger partial charge < -0.3 is 10.4 Å². The van der Waals surface area contributed by atoms with E-state index in [4.69, 9.17) is 0 Å². The summed E-state index contributed by atoms with van der Waals surface area (Å²) in [7, 11) is 0. The highest BCUT2D eigenvalue weighted by Crippen LogP contribution is 2.38. The molecule has 1 fully saturated rings. The molecule has 1 aromatic rings. The molecule has 1 aliphatic heterocycles. The largest absolute Gasteiger partial charge is 0.480 e. The van der Waals surface area contributed by atoms with E-state index in [1.807, 2.05) is 18.2 Å². The Labute approximate surface area is 156 Å². The first-order valence-corrected chi connectivity index (χ1v) is 8.99. The van der Waals surface area contributed by atoms with Gasteiger partial charge in [0.1, 0.15) is 6.04 Å². The predicted octanol–water partition coefficient (Wildman–Crippen LogP) is 2.91. The molecule has 0 aromatic heterocycles. The zero-order valence-electron chi connectivity index (χ0n) is 15.4. The van der Waals surface area contributed by atoms with Crippen LogP contribution in [0.25, 0.3) is 0 Å². The molecular formula is C19H25F3N2O3. The summed E-state index contributed by atoms with van der Waals surface area (Å²) in [6, 6.07) is 7.88. The lowest BCUT2D eigenvalue weighted by Gasteiger charge is -2.25. The summed E-state index contributed by atoms with van der Waals surface area (Å²) in [4.78, 5) is 25.5. The number of likely N-dealkylation sites (tertiary alicyclic amines) is 1. The van der Waals surface area contributed by atoms with Crippen molar-refractivity contribution in [1.29, 1.82) is 0 Å². The van der Waals surface area contributed by atoms with Crippen LogP contribution in [0, 0.1) is 17.8 Å². The van der Waals surface area contributed by atoms with Crippen molar-refractivity contribution in [2.75, 3.05) is 13.1 Å². The van der Waals surface area contributed by atoms with Gasteiger partial charge in [-0.05, 0) is 11.5 Å². The molecule has 27 heavy (non-hydrogen) atoms. The number of hydrogen-bond acceptors (Lipinski definition) is 3. The first-order valence-electron chi connectivity index (χ1n) is 8.99. The lowest BCUT2D eigenvalue weighted by molar-refractivity contribution is -0.183. The van der Waals surface area contributed by atoms with Crippen LogP contribution < -0.4 is 5.32 Å². The molecule has 1 amide bonds. The SMILES string of the molecule is CC[C@H](C)[C@H](NC(=O)[C@@H]1CN(Cc2ccccc2)C[C@H]1C(F)(F)F)C(=O)O. The van der Waals surface area contributed by atoms with Crippen LogP contribution in [0.15, 0.2) is 30.3 Å². The van der Waals surface area contributed by atoms with Crippen molar-refractivity contribution in [2.24, 2.45) is 17.8 Å². The van der Waals surface area contributed by atoms with E-state index in [0.717, 1.165) is 5.56 Å². The quantitative estimate of drug-likeness (QED) is 0.756. The van der Waals surface area contributed by atoms with Crippen molar-refractivity contribution in [3.8, 4) is 0 Å². The highest BCUT2D eigenvalue weighted by Gasteiger charge is 2.52. The number of hydrogen-bond donors (Lipinski definition) is 2. The van der Waals surface area contributed by atoms with Crippen molar-refractivity contribution in [3.05, 3.63) is 35.9 Å². The monoisotopic (exact) mass is 386 g/mol. The highest BCUT2D eigenvalue weighted by atomic mass is 19.4. The number of benzene rings is 1. The molecule has 2 rings (SSSR count). The predicted molar refractivity (Wildman–Crippen MR) is 93.8 cm³/mol. The van der Waals surface area contributed by atoms with Gasteiger partial charge in [-0.15, -0.1) is 0 Å². The maximum atomic E-state index is 13.5. The van der Waals surface area contributed by atoms with Crippen LogP contribution in [0.1, 0.15) is 25.8 Å². The van der Waals surface area contributed by atoms with Gasteiger partial charge in [-0.25, -0.2) is 4.79 Å². The third kappa shape index (κ3) is 5.45. The fraction of sp³-hybridized carbons (Fsp3) is 0.579. The van der Waals surface area contributed by atoms with Gasteiger partial charge in [-0.1, -0.05) is 50.6 Å². The molecule has 0 radical (unpaired) electrons. The Morgan fingerprint density at radius 2 is 1.89 bits per heavy atom. The van der Waals surface area contributed by atoms with Crippen molar-refractivity contribution < 1.29 is 27.9 Å². The third-order valence-electron chi connectivity index (χ3n) is 5.18. The summed E-state index contributed by atoms with van der Waals surface area (Å²) in [5.41, 5.74) is 0.863. The molecule has 4 atom stereocenters. The molecule has 0 spiro atoms. The van der Waals surface area contributed by atoms with Gasteiger partial charge in [0.15, 0.2) is 0 Å². The number of aliphatic carboxylic acids is 1. The fourth-order valence-corrected chi connectivity index (χ4v) is 3.40. The average molecular weight is 386 g/mol. The van der Waals surface area contributed by atoms with E-state index >= 15 is 0 Å². The minimum atomic E-state index is -4.53. The van der Waals surface area contributed by atoms with Crippen LogP contribution in [0.4, 0.5) is 13.2 Å². The second kappa shape index (κ2) is 8.73. The molecule has 1 saturated heterocycles. The highest BCUT2D eigenvalue weighted by molar-refractivity contribution is 5.85. The van der Waals surface area contributed by atoms with Crippen LogP contribution in [-0.4, -0.2) is 47.2 Å². The van der Waals surface area contributed by atoms with Crippen LogP contribution in [-0.2, 0) is 16.1 Å². The van der Waals surface area contributed by atoms with Gasteiger partial charge in [0.05, 0.1) is 11.8 Å². The number of carboxylic acid groups (broad SMARTS) is 1. The third-order valence-corrected chi connectivity index (χ3v) is 5.18. The van der Waals surface area contributed by atoms with E-state index in [2.05, 4.69) is 5.32 Å². The number of nitrogens with one attached hydrogen (secondary N) is 1. The number of carbonyl (C=O) groups is 2. The van der Waals surface area contributed by atoms with Crippen LogP contribution >= 0.6 is 0 Å². The maximum Gasteiger partial charge on any atom is 0.393 e. The molecule has 5 nitrogen and oxygen atoms in total. The van der Waals surface area contributed by atoms with Crippen LogP contribution in [0.2, 0.25) is 0 Å². The average Bonchev–Trinajstić information content (AvgIpc) is 3.03. The molecule has 0 unspecified atom stereocenters. The van der Waals surface area contributed by atoms with Crippen LogP contribution in [0.5, 0.6) is 0 Å². The van der Waals surface area contributed by atoms with E-state index in [1.165, 1.54) is 0 Å². The fourth-order valence-electron chi connectivity index (χ4n) is 3.40. The smallest absolute Gasteiger partial charge is 0.393 e. The Balaban J connectivity index is 2.13. The minimum absolute atomic E-state index is 0.0578. The lowest BCUT2D eigenvalue weighted by atomic mass is 9.92. The minimum Gasteiger partial charge on any atom is -0.480 e. The number of alkyl halides is 3. The molecule has 1 aromatic carbocycles. The normalized spacial score (nSPS) is 23.0. The number of halogens is 3. The first kappa shape index (κ1) is 21.2. The van der Waals surface area contributed by atoms with Gasteiger partial charge >= 0.3 is 12.1 Å². The van der Waals surface area contributed by atoms with Crippen molar-refractivity contribution in [1.82, 2.24) is 10.2 Å². The standard InChI is InChI=1S/C19H25F3N2O3/c1-3-12(2)16(18(26)27)23-17(25)14-10-24(11-15(14)19(20,21)22)9-13-7-5-4-6-8-13/h4-8,12,14-16H,3,9-11H2,1-2H3,(H,23,25)(H,26,27)/t12-,14+,15+,16-/m0/s1. The molecule has 1 aliphatic rings. The molecular weight excluding hydrogens is 361 g/mol. The second-order valence-corrected chi connectivity index (χ2v) is 7.14. The Bertz CT molecular complexity index is 651. The zero-order chi connectivity index (χ0) is 20.2. The number of amides is 1. The molecule has 0 aliphatic carbocycles. The van der Waals surface area contributed by atoms with Crippen LogP contribution in [0.3, 0.4) is 0 Å². The molecule has 2 N–H and O–H groups in total. The summed E-state index contributed by atoms with van der Waals surface area (Å²) in [5.74, 6) is -5.59. The Kier molecular flexibility index (Phi) is 6.86. The Hall–Kier alpha value is -2.09. The van der Waals surface area contributed by atoms with Crippen molar-refractivity contribution in [3.63, 3.8) is 0 Å². The van der Waals surface area contributed by atoms with Gasteiger partial charge in [0.2, 0.25) is 5.91 Å². The van der Waals surface area contributed by atoms with E-state index in [1.54, 1.807) is 30.9 Å². The maximum absolute atomic E-state index is 13.5. The van der Waals surface area contributed by atoms with Crippen molar-refractivity contribution >= 4 is 11.9 Å². The summed E-state index contributed by atoms with van der Waals surface area (Å²) < 4.78 is 40.4. The van der Waals surface area contributed by atoms with Gasteiger partial charge in [-0.3, -0.25) is 9.69 Å². The van der Waals surface area contributed by atoms with Crippen molar-refractivity contribution in [2.45, 2.75) is 39.0 Å². The second-order valence-electron chi connectivity index (χ2n) is 7.14. The first-order chi connectivity index (χ1) is 12.6. The van der Waals surface area contributed by atoms with E-state index < -0.39 is 35.9 Å². The van der Waals surface area contributed by atoms with E-state index in [-0.39, 0.29) is 19.0 Å². The Morgan fingerprint density at radius 1 is 1.26 bits per heavy atom. The molecule has 1 heterocycles. The molecule has 0 saturated carbocycles. The number of rotatable bonds is 7. The van der Waals surface area contributed by atoms with Gasteiger partial charge in [0.25, 0.3) is 0 Å². The lowest BCUT2D eigenvalue weighted by Crippen LogP contribution is -2.49. The number of nitrogens with zero attached hydrogens (tertiary/aromatic N) is 1. The van der Waals surface area contributed by atoms with E-state index in [0.29, 0.717) is 13.0 Å². The summed E-state index contributed by atoms with van der Waals surface area (Å²) in [5, 5.41) is 11.6. The summed E-state index contributed by atoms with van der Waals surface area (Å²) in [6.07, 6.45) is -4.03. The topological polar surface area (TPSA) is 69.6 Å². The molecule has 150 valence electrons. The zero-order valence-corrected chi connectivity index (χ0v) is 15.4. The summed E-state index contributed by atoms with van der Waals surface area (Å²) in [6.45, 7) is 3.39. The molecule has 8 heteroatoms. The Morgan fingerprint density at radius 3 is 2.41 bits per heavy atom. The van der Waals surface area contributed by atoms with Gasteiger partial charge in [-0.2, -0.15) is 13.2 Å². The van der Waals surface area contributed by atoms with E-state index in [9.17, 15) is 27.9 Å². The number of carbonyl (C=O) groups excluding carboxylic acids is 1.